The predicted octanol–water partition coefficient (Wildman–Crippen LogP) is 4.97. The molecule has 0 aliphatic heterocycles. The fourth-order valence-corrected chi connectivity index (χ4v) is 5.07. The van der Waals surface area contributed by atoms with Crippen LogP contribution in [0, 0.1) is 31.6 Å². The van der Waals surface area contributed by atoms with Crippen molar-refractivity contribution in [1.82, 2.24) is 9.78 Å². The molecule has 4 nitrogen and oxygen atoms in total. The molecule has 1 aromatic heterocycles. The first-order chi connectivity index (χ1) is 12.5. The van der Waals surface area contributed by atoms with Crippen LogP contribution < -0.4 is 5.32 Å². The van der Waals surface area contributed by atoms with Gasteiger partial charge in [-0.2, -0.15) is 5.10 Å². The third kappa shape index (κ3) is 3.39. The number of aryl methyl sites for hydroxylation is 1. The fourth-order valence-electron chi connectivity index (χ4n) is 4.87. The average Bonchev–Trinajstić information content (AvgIpc) is 3.28. The molecule has 2 aliphatic rings. The van der Waals surface area contributed by atoms with Gasteiger partial charge in [-0.1, -0.05) is 36.2 Å². The van der Waals surface area contributed by atoms with Crippen molar-refractivity contribution in [3.05, 3.63) is 46.2 Å². The molecule has 1 aromatic carbocycles. The van der Waals surface area contributed by atoms with E-state index in [-0.39, 0.29) is 5.91 Å². The Morgan fingerprint density at radius 3 is 2.77 bits per heavy atom. The van der Waals surface area contributed by atoms with Crippen LogP contribution in [0.3, 0.4) is 0 Å². The number of nitrogens with zero attached hydrogens (tertiary/aromatic N) is 2. The van der Waals surface area contributed by atoms with Crippen LogP contribution in [0.5, 0.6) is 0 Å². The van der Waals surface area contributed by atoms with Crippen LogP contribution in [0.4, 0.5) is 5.69 Å². The van der Waals surface area contributed by atoms with E-state index in [4.69, 9.17) is 11.6 Å². The molecule has 2 aromatic rings. The third-order valence-corrected chi connectivity index (χ3v) is 6.62. The Hall–Kier alpha value is -1.81. The van der Waals surface area contributed by atoms with Gasteiger partial charge in [0.05, 0.1) is 23.6 Å². The summed E-state index contributed by atoms with van der Waals surface area (Å²) in [6, 6.07) is 7.80. The molecule has 2 fully saturated rings. The molecule has 1 N–H and O–H groups in total. The molecule has 2 saturated carbocycles. The van der Waals surface area contributed by atoms with Gasteiger partial charge in [0.15, 0.2) is 0 Å². The van der Waals surface area contributed by atoms with E-state index in [2.05, 4.69) is 10.4 Å². The molecule has 138 valence electrons. The van der Waals surface area contributed by atoms with E-state index >= 15 is 0 Å². The van der Waals surface area contributed by atoms with Crippen LogP contribution in [-0.4, -0.2) is 15.7 Å². The number of fused-ring (bicyclic) bond motifs is 2. The maximum absolute atomic E-state index is 12.6. The topological polar surface area (TPSA) is 46.9 Å². The van der Waals surface area contributed by atoms with Gasteiger partial charge in [0, 0.05) is 11.4 Å². The summed E-state index contributed by atoms with van der Waals surface area (Å²) in [5.41, 5.74) is 3.71. The minimum absolute atomic E-state index is 0.131. The highest BCUT2D eigenvalue weighted by Crippen LogP contribution is 2.49. The Morgan fingerprint density at radius 2 is 2.08 bits per heavy atom. The number of aromatic nitrogens is 2. The molecule has 2 bridgehead atoms. The van der Waals surface area contributed by atoms with Crippen molar-refractivity contribution >= 4 is 23.2 Å². The zero-order chi connectivity index (χ0) is 18.3. The molecule has 0 radical (unpaired) electrons. The Balaban J connectivity index is 1.44. The summed E-state index contributed by atoms with van der Waals surface area (Å²) >= 11 is 6.27. The lowest BCUT2D eigenvalue weighted by Crippen LogP contribution is -2.20. The number of halogens is 1. The van der Waals surface area contributed by atoms with Gasteiger partial charge in [-0.3, -0.25) is 9.48 Å². The molecular weight excluding hydrogens is 346 g/mol. The maximum atomic E-state index is 12.6. The van der Waals surface area contributed by atoms with Crippen LogP contribution in [0.1, 0.15) is 49.1 Å². The lowest BCUT2D eigenvalue weighted by molar-refractivity contribution is -0.117. The van der Waals surface area contributed by atoms with Crippen LogP contribution in [0.15, 0.2) is 24.3 Å². The second kappa shape index (κ2) is 7.07. The molecule has 0 spiro atoms. The predicted molar refractivity (Wildman–Crippen MR) is 104 cm³/mol. The zero-order valence-electron chi connectivity index (χ0n) is 15.5. The lowest BCUT2D eigenvalue weighted by atomic mass is 9.86. The standard InChI is InChI=1S/C21H26ClN3O/c1-13-21(23-20(26)11-18-10-15-7-8-16(18)9-15)14(2)25(24-13)12-17-5-3-4-6-19(17)22/h3-6,15-16,18H,7-12H2,1-2H3,(H,23,26). The number of carbonyl (C=O) groups is 1. The van der Waals surface area contributed by atoms with E-state index in [0.29, 0.717) is 18.9 Å². The van der Waals surface area contributed by atoms with E-state index in [1.807, 2.05) is 42.8 Å². The van der Waals surface area contributed by atoms with Crippen LogP contribution in [0.25, 0.3) is 0 Å². The molecule has 3 atom stereocenters. The molecule has 26 heavy (non-hydrogen) atoms. The molecule has 5 heteroatoms. The van der Waals surface area contributed by atoms with Crippen molar-refractivity contribution in [2.45, 2.75) is 52.5 Å². The van der Waals surface area contributed by atoms with Gasteiger partial charge >= 0.3 is 0 Å². The van der Waals surface area contributed by atoms with Crippen molar-refractivity contribution in [1.29, 1.82) is 0 Å². The number of carbonyl (C=O) groups excluding carboxylic acids is 1. The largest absolute Gasteiger partial charge is 0.323 e. The number of anilines is 1. The SMILES string of the molecule is Cc1nn(Cc2ccccc2Cl)c(C)c1NC(=O)CC1CC2CCC1C2. The maximum Gasteiger partial charge on any atom is 0.224 e. The second-order valence-electron chi connectivity index (χ2n) is 7.98. The highest BCUT2D eigenvalue weighted by atomic mass is 35.5. The number of benzene rings is 1. The number of rotatable bonds is 5. The number of hydrogen-bond donors (Lipinski definition) is 1. The van der Waals surface area contributed by atoms with Gasteiger partial charge in [-0.15, -0.1) is 0 Å². The van der Waals surface area contributed by atoms with Crippen molar-refractivity contribution < 1.29 is 4.79 Å². The van der Waals surface area contributed by atoms with E-state index in [0.717, 1.165) is 39.5 Å². The van der Waals surface area contributed by atoms with Crippen molar-refractivity contribution in [3.8, 4) is 0 Å². The highest BCUT2D eigenvalue weighted by molar-refractivity contribution is 6.31. The summed E-state index contributed by atoms with van der Waals surface area (Å²) < 4.78 is 1.92. The van der Waals surface area contributed by atoms with Gasteiger partial charge in [0.25, 0.3) is 0 Å². The fraction of sp³-hybridized carbons (Fsp3) is 0.524. The Bertz CT molecular complexity index is 829. The monoisotopic (exact) mass is 371 g/mol. The second-order valence-corrected chi connectivity index (χ2v) is 8.39. The van der Waals surface area contributed by atoms with E-state index in [9.17, 15) is 4.79 Å². The van der Waals surface area contributed by atoms with Crippen molar-refractivity contribution in [3.63, 3.8) is 0 Å². The highest BCUT2D eigenvalue weighted by Gasteiger charge is 2.40. The number of amides is 1. The first kappa shape index (κ1) is 17.6. The van der Waals surface area contributed by atoms with Crippen molar-refractivity contribution in [2.75, 3.05) is 5.32 Å². The average molecular weight is 372 g/mol. The van der Waals surface area contributed by atoms with E-state index in [1.54, 1.807) is 0 Å². The van der Waals surface area contributed by atoms with Crippen LogP contribution >= 0.6 is 11.6 Å². The summed E-state index contributed by atoms with van der Waals surface area (Å²) in [6.07, 6.45) is 5.91. The van der Waals surface area contributed by atoms with Gasteiger partial charge in [0.1, 0.15) is 0 Å². The zero-order valence-corrected chi connectivity index (χ0v) is 16.2. The van der Waals surface area contributed by atoms with Crippen molar-refractivity contribution in [2.24, 2.45) is 17.8 Å². The summed E-state index contributed by atoms with van der Waals surface area (Å²) in [5.74, 6) is 2.36. The molecular formula is C21H26ClN3O. The van der Waals surface area contributed by atoms with E-state index in [1.165, 1.54) is 25.7 Å². The van der Waals surface area contributed by atoms with Crippen LogP contribution in [0.2, 0.25) is 5.02 Å². The summed E-state index contributed by atoms with van der Waals surface area (Å²) in [7, 11) is 0. The number of nitrogens with one attached hydrogen (secondary N) is 1. The molecule has 1 heterocycles. The van der Waals surface area contributed by atoms with Gasteiger partial charge in [-0.25, -0.2) is 0 Å². The summed E-state index contributed by atoms with van der Waals surface area (Å²) in [4.78, 5) is 12.6. The molecule has 3 unspecified atom stereocenters. The Kier molecular flexibility index (Phi) is 4.78. The molecule has 4 rings (SSSR count). The first-order valence-electron chi connectivity index (χ1n) is 9.58. The Labute approximate surface area is 159 Å². The molecule has 1 amide bonds. The van der Waals surface area contributed by atoms with Gasteiger partial charge < -0.3 is 5.32 Å². The smallest absolute Gasteiger partial charge is 0.224 e. The minimum atomic E-state index is 0.131. The summed E-state index contributed by atoms with van der Waals surface area (Å²) in [5, 5.41) is 8.48. The Morgan fingerprint density at radius 1 is 1.27 bits per heavy atom. The summed E-state index contributed by atoms with van der Waals surface area (Å²) in [6.45, 7) is 4.56. The first-order valence-corrected chi connectivity index (χ1v) is 9.96. The van der Waals surface area contributed by atoms with Gasteiger partial charge in [0.2, 0.25) is 5.91 Å². The lowest BCUT2D eigenvalue weighted by Gasteiger charge is -2.20. The van der Waals surface area contributed by atoms with Gasteiger partial charge in [-0.05, 0) is 62.5 Å². The van der Waals surface area contributed by atoms with Crippen LogP contribution in [-0.2, 0) is 11.3 Å². The normalized spacial score (nSPS) is 24.2. The molecule has 2 aliphatic carbocycles. The van der Waals surface area contributed by atoms with E-state index < -0.39 is 0 Å². The third-order valence-electron chi connectivity index (χ3n) is 6.26. The number of hydrogen-bond acceptors (Lipinski definition) is 2. The quantitative estimate of drug-likeness (QED) is 0.806. The minimum Gasteiger partial charge on any atom is -0.323 e. The molecule has 0 saturated heterocycles.